The number of fused-ring (bicyclic) bond motifs is 1. The molecule has 8 heteroatoms. The summed E-state index contributed by atoms with van der Waals surface area (Å²) in [5.74, 6) is 0.457. The molecule has 0 spiro atoms. The number of thioether (sulfide) groups is 1. The topological polar surface area (TPSA) is 42.7 Å². The molecule has 1 aromatic heterocycles. The number of hydrogen-bond acceptors (Lipinski definition) is 4. The van der Waals surface area contributed by atoms with Gasteiger partial charge in [0.2, 0.25) is 5.16 Å². The van der Waals surface area contributed by atoms with Gasteiger partial charge in [0, 0.05) is 11.0 Å². The molecular weight excluding hydrogens is 361 g/mol. The van der Waals surface area contributed by atoms with E-state index in [1.807, 2.05) is 36.6 Å². The molecule has 1 aliphatic heterocycles. The third-order valence-corrected chi connectivity index (χ3v) is 4.81. The van der Waals surface area contributed by atoms with Crippen molar-refractivity contribution in [1.82, 2.24) is 14.9 Å². The monoisotopic (exact) mass is 374 g/mol. The lowest BCUT2D eigenvalue weighted by atomic mass is 10.1. The van der Waals surface area contributed by atoms with Crippen LogP contribution < -0.4 is 5.43 Å². The molecule has 0 aliphatic carbocycles. The van der Waals surface area contributed by atoms with Crippen LogP contribution in [0.3, 0.4) is 0 Å². The summed E-state index contributed by atoms with van der Waals surface area (Å²) >= 11 is 1.40. The second kappa shape index (κ2) is 6.21. The molecule has 3 aromatic rings. The summed E-state index contributed by atoms with van der Waals surface area (Å²) in [5, 5.41) is 10.8. The third kappa shape index (κ3) is 3.08. The lowest BCUT2D eigenvalue weighted by Crippen LogP contribution is -2.18. The van der Waals surface area contributed by atoms with E-state index in [0.29, 0.717) is 16.5 Å². The lowest BCUT2D eigenvalue weighted by molar-refractivity contribution is -0.137. The highest BCUT2D eigenvalue weighted by Gasteiger charge is 2.30. The van der Waals surface area contributed by atoms with Crippen molar-refractivity contribution in [2.45, 2.75) is 18.3 Å². The van der Waals surface area contributed by atoms with E-state index in [1.54, 1.807) is 4.68 Å². The number of alkyl halides is 3. The van der Waals surface area contributed by atoms with Crippen LogP contribution in [0.15, 0.2) is 59.1 Å². The number of aryl methyl sites for hydroxylation is 1. The van der Waals surface area contributed by atoms with Crippen molar-refractivity contribution < 1.29 is 13.2 Å². The molecule has 0 radical (unpaired) electrons. The van der Waals surface area contributed by atoms with Crippen LogP contribution in [-0.4, -0.2) is 14.9 Å². The number of halogens is 3. The highest BCUT2D eigenvalue weighted by molar-refractivity contribution is 8.02. The Balaban J connectivity index is 1.65. The Morgan fingerprint density at radius 2 is 1.58 bits per heavy atom. The van der Waals surface area contributed by atoms with Crippen LogP contribution in [0.1, 0.15) is 16.7 Å². The SMILES string of the molecule is Cc1ccc(C2=CSc3nnc(-c4ccc(C(F)(F)F)cc4)n3N2)cc1. The van der Waals surface area contributed by atoms with Crippen LogP contribution in [-0.2, 0) is 6.18 Å². The van der Waals surface area contributed by atoms with Gasteiger partial charge in [-0.2, -0.15) is 13.2 Å². The highest BCUT2D eigenvalue weighted by Crippen LogP contribution is 2.33. The molecule has 1 N–H and O–H groups in total. The largest absolute Gasteiger partial charge is 0.416 e. The Bertz CT molecular complexity index is 973. The van der Waals surface area contributed by atoms with Gasteiger partial charge in [-0.05, 0) is 24.6 Å². The average Bonchev–Trinajstić information content (AvgIpc) is 3.05. The van der Waals surface area contributed by atoms with Gasteiger partial charge in [0.1, 0.15) is 0 Å². The lowest BCUT2D eigenvalue weighted by Gasteiger charge is -2.19. The quantitative estimate of drug-likeness (QED) is 0.691. The molecule has 4 nitrogen and oxygen atoms in total. The fourth-order valence-electron chi connectivity index (χ4n) is 2.57. The van der Waals surface area contributed by atoms with E-state index in [0.717, 1.165) is 29.0 Å². The van der Waals surface area contributed by atoms with Crippen molar-refractivity contribution in [2.24, 2.45) is 0 Å². The van der Waals surface area contributed by atoms with Crippen LogP contribution >= 0.6 is 11.8 Å². The molecule has 0 fully saturated rings. The minimum absolute atomic E-state index is 0.457. The molecular formula is C18H13F3N4S. The zero-order valence-corrected chi connectivity index (χ0v) is 14.4. The Morgan fingerprint density at radius 1 is 0.923 bits per heavy atom. The maximum Gasteiger partial charge on any atom is 0.416 e. The van der Waals surface area contributed by atoms with Gasteiger partial charge in [-0.1, -0.05) is 53.7 Å². The van der Waals surface area contributed by atoms with Crippen LogP contribution in [0.4, 0.5) is 13.2 Å². The first-order chi connectivity index (χ1) is 12.4. The summed E-state index contributed by atoms with van der Waals surface area (Å²) in [6.07, 6.45) is -4.36. The van der Waals surface area contributed by atoms with Gasteiger partial charge in [-0.15, -0.1) is 10.2 Å². The Morgan fingerprint density at radius 3 is 2.23 bits per heavy atom. The molecule has 0 bridgehead atoms. The van der Waals surface area contributed by atoms with Crippen LogP contribution in [0.25, 0.3) is 17.1 Å². The molecule has 132 valence electrons. The number of nitrogens with zero attached hydrogens (tertiary/aromatic N) is 3. The smallest absolute Gasteiger partial charge is 0.289 e. The van der Waals surface area contributed by atoms with Crippen molar-refractivity contribution in [3.8, 4) is 11.4 Å². The van der Waals surface area contributed by atoms with E-state index < -0.39 is 11.7 Å². The van der Waals surface area contributed by atoms with E-state index in [2.05, 4.69) is 15.6 Å². The van der Waals surface area contributed by atoms with Crippen molar-refractivity contribution in [1.29, 1.82) is 0 Å². The first-order valence-electron chi connectivity index (χ1n) is 7.76. The van der Waals surface area contributed by atoms with Crippen LogP contribution in [0, 0.1) is 6.92 Å². The van der Waals surface area contributed by atoms with Crippen molar-refractivity contribution >= 4 is 17.5 Å². The first kappa shape index (κ1) is 16.7. The number of benzene rings is 2. The molecule has 4 rings (SSSR count). The van der Waals surface area contributed by atoms with E-state index >= 15 is 0 Å². The molecule has 0 saturated heterocycles. The summed E-state index contributed by atoms with van der Waals surface area (Å²) in [7, 11) is 0. The van der Waals surface area contributed by atoms with E-state index in [-0.39, 0.29) is 0 Å². The van der Waals surface area contributed by atoms with Crippen molar-refractivity contribution in [2.75, 3.05) is 5.43 Å². The van der Waals surface area contributed by atoms with Gasteiger partial charge in [0.15, 0.2) is 5.82 Å². The summed E-state index contributed by atoms with van der Waals surface area (Å²) in [6, 6.07) is 12.9. The Kier molecular flexibility index (Phi) is 3.99. The zero-order chi connectivity index (χ0) is 18.3. The zero-order valence-electron chi connectivity index (χ0n) is 13.6. The molecule has 0 saturated carbocycles. The fourth-order valence-corrected chi connectivity index (χ4v) is 3.30. The maximum absolute atomic E-state index is 12.7. The predicted molar refractivity (Wildman–Crippen MR) is 94.8 cm³/mol. The van der Waals surface area contributed by atoms with Crippen molar-refractivity contribution in [3.63, 3.8) is 0 Å². The summed E-state index contributed by atoms with van der Waals surface area (Å²) in [4.78, 5) is 0. The molecule has 26 heavy (non-hydrogen) atoms. The highest BCUT2D eigenvalue weighted by atomic mass is 32.2. The fraction of sp³-hybridized carbons (Fsp3) is 0.111. The molecule has 2 aromatic carbocycles. The summed E-state index contributed by atoms with van der Waals surface area (Å²) in [5.41, 5.74) is 6.12. The maximum atomic E-state index is 12.7. The predicted octanol–water partition coefficient (Wildman–Crippen LogP) is 4.92. The minimum Gasteiger partial charge on any atom is -0.289 e. The number of hydrogen-bond donors (Lipinski definition) is 1. The van der Waals surface area contributed by atoms with E-state index in [1.165, 1.54) is 23.9 Å². The molecule has 0 unspecified atom stereocenters. The first-order valence-corrected chi connectivity index (χ1v) is 8.64. The van der Waals surface area contributed by atoms with E-state index in [4.69, 9.17) is 0 Å². The Hall–Kier alpha value is -2.74. The number of rotatable bonds is 2. The third-order valence-electron chi connectivity index (χ3n) is 3.98. The summed E-state index contributed by atoms with van der Waals surface area (Å²) in [6.45, 7) is 2.02. The van der Waals surface area contributed by atoms with Gasteiger partial charge >= 0.3 is 6.18 Å². The summed E-state index contributed by atoms with van der Waals surface area (Å²) < 4.78 is 39.9. The molecule has 0 atom stereocenters. The van der Waals surface area contributed by atoms with Gasteiger partial charge in [-0.25, -0.2) is 4.68 Å². The van der Waals surface area contributed by atoms with Crippen molar-refractivity contribution in [3.05, 3.63) is 70.6 Å². The second-order valence-corrected chi connectivity index (χ2v) is 6.68. The van der Waals surface area contributed by atoms with Gasteiger partial charge < -0.3 is 0 Å². The van der Waals surface area contributed by atoms with E-state index in [9.17, 15) is 13.2 Å². The van der Waals surface area contributed by atoms with Crippen LogP contribution in [0.5, 0.6) is 0 Å². The molecule has 1 aliphatic rings. The van der Waals surface area contributed by atoms with Crippen LogP contribution in [0.2, 0.25) is 0 Å². The number of aromatic nitrogens is 3. The standard InChI is InChI=1S/C18H13F3N4S/c1-11-2-4-12(5-3-11)15-10-26-17-23-22-16(25(17)24-15)13-6-8-14(9-7-13)18(19,20)21/h2-10,24H,1H3. The normalized spacial score (nSPS) is 13.8. The average molecular weight is 374 g/mol. The van der Waals surface area contributed by atoms with Gasteiger partial charge in [0.05, 0.1) is 11.3 Å². The number of nitrogens with one attached hydrogen (secondary N) is 1. The van der Waals surface area contributed by atoms with Gasteiger partial charge in [0.25, 0.3) is 0 Å². The minimum atomic E-state index is -4.36. The molecule has 0 amide bonds. The second-order valence-electron chi connectivity index (χ2n) is 5.84. The Labute approximate surface area is 151 Å². The van der Waals surface area contributed by atoms with Gasteiger partial charge in [-0.3, -0.25) is 5.43 Å². The molecule has 2 heterocycles.